The van der Waals surface area contributed by atoms with Crippen LogP contribution in [0.2, 0.25) is 0 Å². The smallest absolute Gasteiger partial charge is 0.0957 e. The summed E-state index contributed by atoms with van der Waals surface area (Å²) < 4.78 is 8.40. The highest BCUT2D eigenvalue weighted by atomic mass is 32.1. The second-order valence-electron chi connectivity index (χ2n) is 4.00. The largest absolute Gasteiger partial charge is 0.308 e. The molecular formula is C13H12N4S. The van der Waals surface area contributed by atoms with Gasteiger partial charge in [0.1, 0.15) is 0 Å². The highest BCUT2D eigenvalue weighted by molar-refractivity contribution is 6.99. The second kappa shape index (κ2) is 4.80. The number of nitrogens with one attached hydrogen (secondary N) is 1. The molecule has 1 N–H and O–H groups in total. The lowest BCUT2D eigenvalue weighted by Crippen LogP contribution is -2.18. The quantitative estimate of drug-likeness (QED) is 0.781. The molecule has 90 valence electrons. The van der Waals surface area contributed by atoms with Crippen molar-refractivity contribution in [1.82, 2.24) is 19.0 Å². The minimum Gasteiger partial charge on any atom is -0.308 e. The lowest BCUT2D eigenvalue weighted by Gasteiger charge is -2.16. The van der Waals surface area contributed by atoms with Gasteiger partial charge in [-0.25, -0.2) is 0 Å². The molecule has 18 heavy (non-hydrogen) atoms. The summed E-state index contributed by atoms with van der Waals surface area (Å²) in [5, 5.41) is 5.63. The van der Waals surface area contributed by atoms with Gasteiger partial charge in [0.15, 0.2) is 0 Å². The Balaban J connectivity index is 2.18. The molecule has 0 bridgehead atoms. The first-order chi connectivity index (χ1) is 8.90. The van der Waals surface area contributed by atoms with Gasteiger partial charge < -0.3 is 5.32 Å². The van der Waals surface area contributed by atoms with E-state index in [1.165, 1.54) is 22.7 Å². The molecule has 0 saturated heterocycles. The van der Waals surface area contributed by atoms with Gasteiger partial charge >= 0.3 is 0 Å². The van der Waals surface area contributed by atoms with E-state index in [4.69, 9.17) is 0 Å². The maximum atomic E-state index is 4.32. The Morgan fingerprint density at radius 2 is 2.17 bits per heavy atom. The van der Waals surface area contributed by atoms with E-state index in [1.807, 2.05) is 37.8 Å². The van der Waals surface area contributed by atoms with Crippen molar-refractivity contribution in [2.45, 2.75) is 6.04 Å². The zero-order valence-corrected chi connectivity index (χ0v) is 10.7. The summed E-state index contributed by atoms with van der Waals surface area (Å²) in [6.45, 7) is 0. The Kier molecular flexibility index (Phi) is 3.00. The van der Waals surface area contributed by atoms with Gasteiger partial charge in [-0.05, 0) is 24.1 Å². The van der Waals surface area contributed by atoms with Crippen molar-refractivity contribution in [3.05, 3.63) is 54.1 Å². The normalized spacial score (nSPS) is 12.7. The van der Waals surface area contributed by atoms with Crippen LogP contribution in [0.5, 0.6) is 0 Å². The fourth-order valence-corrected chi connectivity index (χ4v) is 2.61. The summed E-state index contributed by atoms with van der Waals surface area (Å²) in [7, 11) is 1.93. The van der Waals surface area contributed by atoms with E-state index < -0.39 is 0 Å². The predicted octanol–water partition coefficient (Wildman–Crippen LogP) is 2.40. The van der Waals surface area contributed by atoms with Crippen LogP contribution in [0.15, 0.2) is 42.9 Å². The third-order valence-electron chi connectivity index (χ3n) is 2.99. The van der Waals surface area contributed by atoms with Crippen LogP contribution in [0.25, 0.3) is 10.8 Å². The van der Waals surface area contributed by atoms with Gasteiger partial charge in [0.05, 0.1) is 29.7 Å². The predicted molar refractivity (Wildman–Crippen MR) is 72.6 cm³/mol. The minimum atomic E-state index is 0.0647. The molecule has 0 spiro atoms. The van der Waals surface area contributed by atoms with E-state index in [9.17, 15) is 0 Å². The van der Waals surface area contributed by atoms with Crippen molar-refractivity contribution in [2.24, 2.45) is 0 Å². The number of fused-ring (bicyclic) bond motifs is 1. The van der Waals surface area contributed by atoms with E-state index in [0.717, 1.165) is 11.1 Å². The summed E-state index contributed by atoms with van der Waals surface area (Å²) in [6, 6.07) is 8.33. The first kappa shape index (κ1) is 11.3. The number of nitrogens with zero attached hydrogens (tertiary/aromatic N) is 3. The van der Waals surface area contributed by atoms with Crippen LogP contribution in [0.3, 0.4) is 0 Å². The van der Waals surface area contributed by atoms with Gasteiger partial charge in [-0.1, -0.05) is 18.2 Å². The molecule has 1 atom stereocenters. The van der Waals surface area contributed by atoms with Crippen molar-refractivity contribution in [2.75, 3.05) is 7.05 Å². The summed E-state index contributed by atoms with van der Waals surface area (Å²) in [5.41, 5.74) is 2.15. The molecule has 4 nitrogen and oxygen atoms in total. The van der Waals surface area contributed by atoms with Crippen molar-refractivity contribution in [1.29, 1.82) is 0 Å². The average molecular weight is 256 g/mol. The molecule has 1 aromatic carbocycles. The van der Waals surface area contributed by atoms with Crippen molar-refractivity contribution < 1.29 is 0 Å². The number of rotatable bonds is 3. The molecule has 0 radical (unpaired) electrons. The highest BCUT2D eigenvalue weighted by Gasteiger charge is 2.16. The summed E-state index contributed by atoms with van der Waals surface area (Å²) in [6.07, 6.45) is 5.51. The zero-order chi connectivity index (χ0) is 12.4. The molecule has 1 unspecified atom stereocenters. The van der Waals surface area contributed by atoms with Crippen LogP contribution in [0.1, 0.15) is 17.3 Å². The van der Waals surface area contributed by atoms with Gasteiger partial charge in [0, 0.05) is 17.8 Å². The van der Waals surface area contributed by atoms with Gasteiger partial charge in [0.2, 0.25) is 0 Å². The van der Waals surface area contributed by atoms with E-state index in [2.05, 4.69) is 31.2 Å². The zero-order valence-electron chi connectivity index (χ0n) is 9.87. The minimum absolute atomic E-state index is 0.0647. The van der Waals surface area contributed by atoms with E-state index in [-0.39, 0.29) is 6.04 Å². The third kappa shape index (κ3) is 1.87. The molecule has 2 heterocycles. The molecular weight excluding hydrogens is 244 g/mol. The van der Waals surface area contributed by atoms with Crippen LogP contribution in [-0.2, 0) is 0 Å². The van der Waals surface area contributed by atoms with Gasteiger partial charge in [-0.15, -0.1) is 0 Å². The van der Waals surface area contributed by atoms with Gasteiger partial charge in [0.25, 0.3) is 0 Å². The molecule has 2 aromatic heterocycles. The molecule has 0 amide bonds. The van der Waals surface area contributed by atoms with Crippen molar-refractivity contribution >= 4 is 22.5 Å². The van der Waals surface area contributed by atoms with Crippen LogP contribution >= 0.6 is 11.7 Å². The molecule has 3 aromatic rings. The Morgan fingerprint density at radius 3 is 2.94 bits per heavy atom. The maximum Gasteiger partial charge on any atom is 0.0957 e. The first-order valence-corrected chi connectivity index (χ1v) is 6.40. The molecule has 0 aliphatic heterocycles. The molecule has 5 heteroatoms. The van der Waals surface area contributed by atoms with E-state index in [0.29, 0.717) is 0 Å². The first-order valence-electron chi connectivity index (χ1n) is 5.67. The topological polar surface area (TPSA) is 50.7 Å². The van der Waals surface area contributed by atoms with E-state index >= 15 is 0 Å². The fraction of sp³-hybridized carbons (Fsp3) is 0.154. The number of pyridine rings is 1. The fourth-order valence-electron chi connectivity index (χ4n) is 2.16. The molecule has 0 aliphatic carbocycles. The molecule has 0 aliphatic rings. The van der Waals surface area contributed by atoms with Gasteiger partial charge in [-0.3, -0.25) is 4.98 Å². The Morgan fingerprint density at radius 1 is 1.22 bits per heavy atom. The molecule has 0 saturated carbocycles. The molecule has 3 rings (SSSR count). The van der Waals surface area contributed by atoms with Gasteiger partial charge in [-0.2, -0.15) is 8.75 Å². The summed E-state index contributed by atoms with van der Waals surface area (Å²) in [5.74, 6) is 0. The number of benzene rings is 1. The van der Waals surface area contributed by atoms with Crippen LogP contribution < -0.4 is 5.32 Å². The second-order valence-corrected chi connectivity index (χ2v) is 4.55. The maximum absolute atomic E-state index is 4.32. The Hall–Kier alpha value is -1.85. The Bertz CT molecular complexity index is 646. The Labute approximate surface area is 109 Å². The summed E-state index contributed by atoms with van der Waals surface area (Å²) in [4.78, 5) is 4.16. The average Bonchev–Trinajstić information content (AvgIpc) is 2.94. The highest BCUT2D eigenvalue weighted by Crippen LogP contribution is 2.27. The lowest BCUT2D eigenvalue weighted by molar-refractivity contribution is 0.682. The summed E-state index contributed by atoms with van der Waals surface area (Å²) >= 11 is 1.23. The van der Waals surface area contributed by atoms with E-state index in [1.54, 1.807) is 0 Å². The van der Waals surface area contributed by atoms with Crippen molar-refractivity contribution in [3.8, 4) is 0 Å². The van der Waals surface area contributed by atoms with Crippen LogP contribution in [-0.4, -0.2) is 20.8 Å². The third-order valence-corrected chi connectivity index (χ3v) is 3.48. The number of aromatic nitrogens is 3. The van der Waals surface area contributed by atoms with Crippen LogP contribution in [0.4, 0.5) is 0 Å². The standard InChI is InChI=1S/C13H12N4S/c1-14-13(12-8-16-18-17-12)11-4-2-3-9-7-15-6-5-10(9)11/h2-8,13-14H,1H3. The van der Waals surface area contributed by atoms with Crippen LogP contribution in [0, 0.1) is 0 Å². The van der Waals surface area contributed by atoms with Crippen molar-refractivity contribution in [3.63, 3.8) is 0 Å². The molecule has 0 fully saturated rings. The SMILES string of the molecule is CNC(c1cnsn1)c1cccc2cnccc12. The monoisotopic (exact) mass is 256 g/mol. The number of hydrogen-bond acceptors (Lipinski definition) is 5. The lowest BCUT2D eigenvalue weighted by atomic mass is 9.98. The number of hydrogen-bond donors (Lipinski definition) is 1.